The number of carbonyl (C=O) groups is 3. The van der Waals surface area contributed by atoms with Crippen molar-refractivity contribution in [1.82, 2.24) is 9.80 Å². The number of thiocarbonyl (C=S) groups is 1. The van der Waals surface area contributed by atoms with Crippen LogP contribution in [0, 0.1) is 0 Å². The molecule has 1 heterocycles. The highest BCUT2D eigenvalue weighted by molar-refractivity contribution is 8.26. The second-order valence-electron chi connectivity index (χ2n) is 8.76. The molecule has 37 heavy (non-hydrogen) atoms. The third-order valence-corrected chi connectivity index (χ3v) is 7.13. The van der Waals surface area contributed by atoms with Crippen molar-refractivity contribution in [3.05, 3.63) is 69.6 Å². The molecule has 1 N–H and O–H groups in total. The van der Waals surface area contributed by atoms with Crippen molar-refractivity contribution < 1.29 is 19.1 Å². The van der Waals surface area contributed by atoms with Gasteiger partial charge in [-0.2, -0.15) is 0 Å². The van der Waals surface area contributed by atoms with Gasteiger partial charge in [0.1, 0.15) is 10.9 Å². The Hall–Kier alpha value is -2.72. The minimum atomic E-state index is -0.387. The Morgan fingerprint density at radius 3 is 2.46 bits per heavy atom. The van der Waals surface area contributed by atoms with E-state index in [1.165, 1.54) is 11.8 Å². The number of benzene rings is 2. The molecule has 1 fully saturated rings. The van der Waals surface area contributed by atoms with Crippen LogP contribution >= 0.6 is 35.6 Å². The van der Waals surface area contributed by atoms with Gasteiger partial charge in [0.25, 0.3) is 5.91 Å². The van der Waals surface area contributed by atoms with E-state index in [1.807, 2.05) is 37.2 Å². The summed E-state index contributed by atoms with van der Waals surface area (Å²) in [5.74, 6) is -0.577. The minimum Gasteiger partial charge on any atom is -0.461 e. The molecule has 0 aromatic heterocycles. The molecule has 1 aliphatic heterocycles. The van der Waals surface area contributed by atoms with Crippen LogP contribution in [-0.2, 0) is 14.3 Å². The van der Waals surface area contributed by atoms with Crippen molar-refractivity contribution in [3.8, 4) is 0 Å². The molecule has 1 saturated heterocycles. The molecule has 2 aromatic carbocycles. The molecular weight excluding hydrogens is 530 g/mol. The zero-order valence-corrected chi connectivity index (χ0v) is 23.3. The predicted octanol–water partition coefficient (Wildman–Crippen LogP) is 5.46. The maximum absolute atomic E-state index is 12.7. The van der Waals surface area contributed by atoms with E-state index in [2.05, 4.69) is 5.32 Å². The van der Waals surface area contributed by atoms with Gasteiger partial charge >= 0.3 is 5.97 Å². The van der Waals surface area contributed by atoms with Crippen molar-refractivity contribution in [2.45, 2.75) is 25.7 Å². The zero-order valence-electron chi connectivity index (χ0n) is 20.9. The third-order valence-electron chi connectivity index (χ3n) is 5.50. The van der Waals surface area contributed by atoms with Crippen LogP contribution in [0.2, 0.25) is 5.02 Å². The number of thioether (sulfide) groups is 1. The molecule has 0 spiro atoms. The number of nitrogens with one attached hydrogen (secondary N) is 1. The fraction of sp³-hybridized carbons (Fsp3) is 0.333. The summed E-state index contributed by atoms with van der Waals surface area (Å²) < 4.78 is 5.76. The van der Waals surface area contributed by atoms with E-state index in [-0.39, 0.29) is 17.8 Å². The van der Waals surface area contributed by atoms with Crippen LogP contribution < -0.4 is 5.32 Å². The Morgan fingerprint density at radius 2 is 1.78 bits per heavy atom. The van der Waals surface area contributed by atoms with Crippen LogP contribution in [0.15, 0.2) is 53.4 Å². The highest BCUT2D eigenvalue weighted by Gasteiger charge is 2.31. The Bertz CT molecular complexity index is 1150. The van der Waals surface area contributed by atoms with E-state index < -0.39 is 0 Å². The first-order valence-corrected chi connectivity index (χ1v) is 13.6. The normalized spacial score (nSPS) is 14.5. The summed E-state index contributed by atoms with van der Waals surface area (Å²) in [6, 6.07) is 13.9. The largest absolute Gasteiger partial charge is 0.461 e. The summed E-state index contributed by atoms with van der Waals surface area (Å²) >= 11 is 12.6. The van der Waals surface area contributed by atoms with Crippen molar-refractivity contribution in [2.75, 3.05) is 39.1 Å². The number of hydrogen-bond donors (Lipinski definition) is 1. The van der Waals surface area contributed by atoms with E-state index in [0.717, 1.165) is 18.4 Å². The number of carbonyl (C=O) groups excluding carboxylic acids is 3. The predicted molar refractivity (Wildman–Crippen MR) is 154 cm³/mol. The van der Waals surface area contributed by atoms with Crippen LogP contribution in [-0.4, -0.2) is 65.7 Å². The lowest BCUT2D eigenvalue weighted by atomic mass is 10.1. The molecule has 2 aromatic rings. The number of esters is 1. The first kappa shape index (κ1) is 28.8. The van der Waals surface area contributed by atoms with Gasteiger partial charge in [0.05, 0.1) is 10.5 Å². The van der Waals surface area contributed by atoms with Gasteiger partial charge in [-0.1, -0.05) is 54.1 Å². The van der Waals surface area contributed by atoms with Gasteiger partial charge in [0, 0.05) is 30.2 Å². The standard InChI is InChI=1S/C27H30ClN3O4S2/c1-30(2)16-17-35-26(34)20-9-13-22(14-10-20)29-24(32)6-4-3-5-15-31-25(33)23(37-27(31)36)18-19-7-11-21(28)12-8-19/h7-14,18H,3-6,15-17H2,1-2H3,(H,29,32). The number of likely N-dealkylation sites (N-methyl/N-ethyl adjacent to an activating group) is 1. The van der Waals surface area contributed by atoms with E-state index in [9.17, 15) is 14.4 Å². The molecule has 2 amide bonds. The number of rotatable bonds is 12. The SMILES string of the molecule is CN(C)CCOC(=O)c1ccc(NC(=O)CCCCCN2C(=O)C(=Cc3ccc(Cl)cc3)SC2=S)cc1. The van der Waals surface area contributed by atoms with Crippen LogP contribution in [0.25, 0.3) is 6.08 Å². The summed E-state index contributed by atoms with van der Waals surface area (Å²) in [5, 5.41) is 3.49. The molecule has 10 heteroatoms. The van der Waals surface area contributed by atoms with E-state index in [1.54, 1.807) is 41.3 Å². The Kier molecular flexibility index (Phi) is 11.1. The molecule has 0 saturated carbocycles. The van der Waals surface area contributed by atoms with Crippen LogP contribution in [0.1, 0.15) is 41.6 Å². The Balaban J connectivity index is 1.35. The monoisotopic (exact) mass is 559 g/mol. The van der Waals surface area contributed by atoms with Crippen LogP contribution in [0.4, 0.5) is 5.69 Å². The van der Waals surface area contributed by atoms with Crippen LogP contribution in [0.3, 0.4) is 0 Å². The fourth-order valence-corrected chi connectivity index (χ4v) is 4.89. The van der Waals surface area contributed by atoms with Crippen molar-refractivity contribution in [3.63, 3.8) is 0 Å². The highest BCUT2D eigenvalue weighted by atomic mass is 35.5. The maximum atomic E-state index is 12.7. The first-order chi connectivity index (χ1) is 17.7. The number of halogens is 1. The van der Waals surface area contributed by atoms with Gasteiger partial charge in [0.15, 0.2) is 0 Å². The second-order valence-corrected chi connectivity index (χ2v) is 10.9. The van der Waals surface area contributed by atoms with Gasteiger partial charge in [-0.3, -0.25) is 14.5 Å². The summed E-state index contributed by atoms with van der Waals surface area (Å²) in [5.41, 5.74) is 1.96. The third kappa shape index (κ3) is 9.27. The maximum Gasteiger partial charge on any atom is 0.338 e. The highest BCUT2D eigenvalue weighted by Crippen LogP contribution is 2.33. The van der Waals surface area contributed by atoms with Gasteiger partial charge in [-0.05, 0) is 75.0 Å². The second kappa shape index (κ2) is 14.3. The topological polar surface area (TPSA) is 79.0 Å². The van der Waals surface area contributed by atoms with E-state index >= 15 is 0 Å². The van der Waals surface area contributed by atoms with Crippen molar-refractivity contribution in [2.24, 2.45) is 0 Å². The smallest absolute Gasteiger partial charge is 0.338 e. The number of hydrogen-bond acceptors (Lipinski definition) is 7. The number of unbranched alkanes of at least 4 members (excludes halogenated alkanes) is 2. The average Bonchev–Trinajstić information content (AvgIpc) is 3.12. The summed E-state index contributed by atoms with van der Waals surface area (Å²) in [7, 11) is 3.82. The van der Waals surface area contributed by atoms with Gasteiger partial charge in [-0.15, -0.1) is 0 Å². The lowest BCUT2D eigenvalue weighted by Crippen LogP contribution is -2.29. The molecule has 0 aliphatic carbocycles. The molecule has 7 nitrogen and oxygen atoms in total. The number of nitrogens with zero attached hydrogens (tertiary/aromatic N) is 2. The average molecular weight is 560 g/mol. The van der Waals surface area contributed by atoms with Gasteiger partial charge in [0.2, 0.25) is 5.91 Å². The Morgan fingerprint density at radius 1 is 1.08 bits per heavy atom. The van der Waals surface area contributed by atoms with Crippen molar-refractivity contribution >= 4 is 69.4 Å². The molecule has 3 rings (SSSR count). The lowest BCUT2D eigenvalue weighted by molar-refractivity contribution is -0.122. The molecule has 196 valence electrons. The number of amides is 2. The molecule has 1 aliphatic rings. The molecule has 0 unspecified atom stereocenters. The van der Waals surface area contributed by atoms with Crippen molar-refractivity contribution in [1.29, 1.82) is 0 Å². The quantitative estimate of drug-likeness (QED) is 0.160. The molecule has 0 atom stereocenters. The summed E-state index contributed by atoms with van der Waals surface area (Å²) in [4.78, 5) is 41.2. The van der Waals surface area contributed by atoms with E-state index in [0.29, 0.717) is 58.0 Å². The summed E-state index contributed by atoms with van der Waals surface area (Å²) in [6.45, 7) is 1.50. The molecule has 0 bridgehead atoms. The van der Waals surface area contributed by atoms with E-state index in [4.69, 9.17) is 28.6 Å². The summed E-state index contributed by atoms with van der Waals surface area (Å²) in [6.07, 6.45) is 4.42. The lowest BCUT2D eigenvalue weighted by Gasteiger charge is -2.14. The number of anilines is 1. The molecule has 0 radical (unpaired) electrons. The molecular formula is C27H30ClN3O4S2. The Labute approximate surface area is 232 Å². The van der Waals surface area contributed by atoms with Crippen LogP contribution in [0.5, 0.6) is 0 Å². The zero-order chi connectivity index (χ0) is 26.8. The van der Waals surface area contributed by atoms with Gasteiger partial charge < -0.3 is 15.0 Å². The van der Waals surface area contributed by atoms with Gasteiger partial charge in [-0.25, -0.2) is 4.79 Å². The fourth-order valence-electron chi connectivity index (χ4n) is 3.45. The minimum absolute atomic E-state index is 0.0901. The number of ether oxygens (including phenoxy) is 1. The first-order valence-electron chi connectivity index (χ1n) is 12.0.